The number of aromatic nitrogens is 3. The summed E-state index contributed by atoms with van der Waals surface area (Å²) in [5.74, 6) is 0.516. The van der Waals surface area contributed by atoms with E-state index < -0.39 is 0 Å². The molecule has 3 aromatic rings. The van der Waals surface area contributed by atoms with Gasteiger partial charge in [0.05, 0.1) is 17.6 Å². The van der Waals surface area contributed by atoms with Gasteiger partial charge in [0.15, 0.2) is 5.82 Å². The fourth-order valence-corrected chi connectivity index (χ4v) is 3.24. The highest BCUT2D eigenvalue weighted by Gasteiger charge is 2.43. The van der Waals surface area contributed by atoms with Crippen LogP contribution < -0.4 is 5.32 Å². The summed E-state index contributed by atoms with van der Waals surface area (Å²) < 4.78 is 14.8. The molecule has 5 nitrogen and oxygen atoms in total. The maximum absolute atomic E-state index is 13.0. The summed E-state index contributed by atoms with van der Waals surface area (Å²) in [6.07, 6.45) is 2.42. The van der Waals surface area contributed by atoms with E-state index in [-0.39, 0.29) is 23.6 Å². The number of carbonyl (C=O) groups is 1. The highest BCUT2D eigenvalue weighted by Crippen LogP contribution is 2.47. The van der Waals surface area contributed by atoms with E-state index in [9.17, 15) is 9.18 Å². The van der Waals surface area contributed by atoms with E-state index in [1.165, 1.54) is 12.1 Å². The number of rotatable bonds is 4. The van der Waals surface area contributed by atoms with Gasteiger partial charge in [0.1, 0.15) is 5.82 Å². The van der Waals surface area contributed by atoms with Gasteiger partial charge in [-0.05, 0) is 62.1 Å². The SMILES string of the molecule is Cc1cc(C)n(-c2ccc(NC(=O)[C@@H]3C[C@H]3c3ccc(F)cc3)cn2)n1. The molecule has 2 heterocycles. The van der Waals surface area contributed by atoms with E-state index in [0.29, 0.717) is 11.5 Å². The third kappa shape index (κ3) is 3.22. The first kappa shape index (κ1) is 16.4. The molecule has 0 saturated heterocycles. The largest absolute Gasteiger partial charge is 0.324 e. The molecule has 2 atom stereocenters. The minimum Gasteiger partial charge on any atom is -0.324 e. The number of aryl methyl sites for hydroxylation is 2. The van der Waals surface area contributed by atoms with Crippen LogP contribution in [0, 0.1) is 25.6 Å². The van der Waals surface area contributed by atoms with E-state index in [1.54, 1.807) is 23.0 Å². The molecule has 1 fully saturated rings. The van der Waals surface area contributed by atoms with Crippen LogP contribution in [0.25, 0.3) is 5.82 Å². The van der Waals surface area contributed by atoms with Gasteiger partial charge in [-0.2, -0.15) is 5.10 Å². The van der Waals surface area contributed by atoms with Crippen molar-refractivity contribution in [2.75, 3.05) is 5.32 Å². The molecular formula is C20H19FN4O. The van der Waals surface area contributed by atoms with Gasteiger partial charge >= 0.3 is 0 Å². The van der Waals surface area contributed by atoms with Crippen molar-refractivity contribution in [3.05, 3.63) is 71.4 Å². The van der Waals surface area contributed by atoms with Crippen LogP contribution in [0.3, 0.4) is 0 Å². The van der Waals surface area contributed by atoms with Crippen molar-refractivity contribution in [2.45, 2.75) is 26.2 Å². The van der Waals surface area contributed by atoms with Crippen molar-refractivity contribution < 1.29 is 9.18 Å². The number of nitrogens with one attached hydrogen (secondary N) is 1. The number of halogens is 1. The van der Waals surface area contributed by atoms with Gasteiger partial charge < -0.3 is 5.32 Å². The Bertz CT molecular complexity index is 947. The second-order valence-corrected chi connectivity index (χ2v) is 6.73. The number of hydrogen-bond acceptors (Lipinski definition) is 3. The van der Waals surface area contributed by atoms with Gasteiger partial charge in [0.2, 0.25) is 5.91 Å². The molecule has 1 amide bonds. The Balaban J connectivity index is 1.41. The first-order valence-corrected chi connectivity index (χ1v) is 8.57. The number of nitrogens with zero attached hydrogens (tertiary/aromatic N) is 3. The first-order chi connectivity index (χ1) is 12.5. The number of pyridine rings is 1. The molecule has 1 N–H and O–H groups in total. The van der Waals surface area contributed by atoms with E-state index in [0.717, 1.165) is 23.4 Å². The second-order valence-electron chi connectivity index (χ2n) is 6.73. The zero-order chi connectivity index (χ0) is 18.3. The summed E-state index contributed by atoms with van der Waals surface area (Å²) in [4.78, 5) is 16.8. The molecule has 4 rings (SSSR count). The van der Waals surface area contributed by atoms with Crippen molar-refractivity contribution >= 4 is 11.6 Å². The zero-order valence-corrected chi connectivity index (χ0v) is 14.6. The number of amides is 1. The summed E-state index contributed by atoms with van der Waals surface area (Å²) in [5, 5.41) is 7.31. The summed E-state index contributed by atoms with van der Waals surface area (Å²) in [5.41, 5.74) is 3.60. The maximum atomic E-state index is 13.0. The Hall–Kier alpha value is -3.02. The molecule has 0 aliphatic heterocycles. The molecule has 2 aromatic heterocycles. The predicted octanol–water partition coefficient (Wildman–Crippen LogP) is 3.77. The Kier molecular flexibility index (Phi) is 4.03. The summed E-state index contributed by atoms with van der Waals surface area (Å²) >= 11 is 0. The summed E-state index contributed by atoms with van der Waals surface area (Å²) in [6.45, 7) is 3.91. The third-order valence-corrected chi connectivity index (χ3v) is 4.67. The summed E-state index contributed by atoms with van der Waals surface area (Å²) in [6, 6.07) is 12.0. The monoisotopic (exact) mass is 350 g/mol. The fraction of sp³-hybridized carbons (Fsp3) is 0.250. The van der Waals surface area contributed by atoms with Gasteiger partial charge in [-0.3, -0.25) is 4.79 Å². The van der Waals surface area contributed by atoms with Crippen LogP contribution in [-0.2, 0) is 4.79 Å². The fourth-order valence-electron chi connectivity index (χ4n) is 3.24. The molecule has 132 valence electrons. The van der Waals surface area contributed by atoms with Crippen molar-refractivity contribution in [3.8, 4) is 5.82 Å². The smallest absolute Gasteiger partial charge is 0.228 e. The number of benzene rings is 1. The van der Waals surface area contributed by atoms with Gasteiger partial charge in [-0.15, -0.1) is 0 Å². The topological polar surface area (TPSA) is 59.8 Å². The highest BCUT2D eigenvalue weighted by molar-refractivity contribution is 5.95. The van der Waals surface area contributed by atoms with Gasteiger partial charge in [0, 0.05) is 11.6 Å². The van der Waals surface area contributed by atoms with E-state index in [4.69, 9.17) is 0 Å². The van der Waals surface area contributed by atoms with Crippen LogP contribution in [0.15, 0.2) is 48.7 Å². The Morgan fingerprint density at radius 1 is 1.19 bits per heavy atom. The second kappa shape index (κ2) is 6.37. The average molecular weight is 350 g/mol. The molecule has 6 heteroatoms. The van der Waals surface area contributed by atoms with Gasteiger partial charge in [0.25, 0.3) is 0 Å². The Morgan fingerprint density at radius 3 is 2.58 bits per heavy atom. The third-order valence-electron chi connectivity index (χ3n) is 4.67. The van der Waals surface area contributed by atoms with Crippen molar-refractivity contribution in [1.29, 1.82) is 0 Å². The molecule has 26 heavy (non-hydrogen) atoms. The average Bonchev–Trinajstić information content (AvgIpc) is 3.35. The molecule has 0 spiro atoms. The van der Waals surface area contributed by atoms with Crippen LogP contribution in [0.4, 0.5) is 10.1 Å². The first-order valence-electron chi connectivity index (χ1n) is 8.57. The van der Waals surface area contributed by atoms with Crippen LogP contribution >= 0.6 is 0 Å². The minimum absolute atomic E-state index is 0.0278. The van der Waals surface area contributed by atoms with Crippen LogP contribution in [0.1, 0.15) is 29.3 Å². The highest BCUT2D eigenvalue weighted by atomic mass is 19.1. The molecule has 1 aromatic carbocycles. The Morgan fingerprint density at radius 2 is 1.96 bits per heavy atom. The van der Waals surface area contributed by atoms with Crippen molar-refractivity contribution in [3.63, 3.8) is 0 Å². The van der Waals surface area contributed by atoms with Crippen LogP contribution in [0.5, 0.6) is 0 Å². The van der Waals surface area contributed by atoms with Crippen LogP contribution in [0.2, 0.25) is 0 Å². The lowest BCUT2D eigenvalue weighted by Gasteiger charge is -2.07. The van der Waals surface area contributed by atoms with Gasteiger partial charge in [-0.1, -0.05) is 12.1 Å². The molecule has 0 bridgehead atoms. The van der Waals surface area contributed by atoms with Gasteiger partial charge in [-0.25, -0.2) is 14.1 Å². The molecule has 1 saturated carbocycles. The zero-order valence-electron chi connectivity index (χ0n) is 14.6. The minimum atomic E-state index is -0.260. The number of anilines is 1. The quantitative estimate of drug-likeness (QED) is 0.779. The molecule has 1 aliphatic carbocycles. The standard InChI is InChI=1S/C20H19FN4O/c1-12-9-13(2)25(24-12)19-8-7-16(11-22-19)23-20(26)18-10-17(18)14-3-5-15(21)6-4-14/h3-9,11,17-18H,10H2,1-2H3,(H,23,26)/t17-,18+/m0/s1. The molecule has 0 radical (unpaired) electrons. The molecule has 1 aliphatic rings. The van der Waals surface area contributed by atoms with Crippen molar-refractivity contribution in [2.24, 2.45) is 5.92 Å². The molecular weight excluding hydrogens is 331 g/mol. The van der Waals surface area contributed by atoms with E-state index in [1.807, 2.05) is 32.0 Å². The number of hydrogen-bond donors (Lipinski definition) is 1. The lowest BCUT2D eigenvalue weighted by Crippen LogP contribution is -2.15. The predicted molar refractivity (Wildman–Crippen MR) is 96.7 cm³/mol. The summed E-state index contributed by atoms with van der Waals surface area (Å²) in [7, 11) is 0. The lowest BCUT2D eigenvalue weighted by molar-refractivity contribution is -0.117. The number of carbonyl (C=O) groups excluding carboxylic acids is 1. The van der Waals surface area contributed by atoms with E-state index in [2.05, 4.69) is 15.4 Å². The normalized spacial score (nSPS) is 18.6. The van der Waals surface area contributed by atoms with Crippen molar-refractivity contribution in [1.82, 2.24) is 14.8 Å². The lowest BCUT2D eigenvalue weighted by atomic mass is 10.1. The molecule has 0 unspecified atom stereocenters. The Labute approximate surface area is 150 Å². The maximum Gasteiger partial charge on any atom is 0.228 e. The van der Waals surface area contributed by atoms with E-state index >= 15 is 0 Å². The van der Waals surface area contributed by atoms with Crippen LogP contribution in [-0.4, -0.2) is 20.7 Å².